The van der Waals surface area contributed by atoms with Gasteiger partial charge in [0.25, 0.3) is 10.0 Å². The first kappa shape index (κ1) is 16.5. The molecule has 0 unspecified atom stereocenters. The van der Waals surface area contributed by atoms with Crippen molar-refractivity contribution in [1.29, 1.82) is 0 Å². The molecule has 0 bridgehead atoms. The minimum atomic E-state index is -3.65. The van der Waals surface area contributed by atoms with Crippen LogP contribution < -0.4 is 9.62 Å². The Bertz CT molecular complexity index is 853. The molecule has 0 aromatic heterocycles. The summed E-state index contributed by atoms with van der Waals surface area (Å²) in [6, 6.07) is 12.0. The van der Waals surface area contributed by atoms with E-state index < -0.39 is 10.0 Å². The molecule has 0 radical (unpaired) electrons. The molecule has 1 aliphatic heterocycles. The number of carbonyl (C=O) groups excluding carboxylic acids is 1. The van der Waals surface area contributed by atoms with Crippen molar-refractivity contribution in [3.05, 3.63) is 53.6 Å². The lowest BCUT2D eigenvalue weighted by Crippen LogP contribution is -2.23. The van der Waals surface area contributed by atoms with Gasteiger partial charge in [-0.2, -0.15) is 0 Å². The summed E-state index contributed by atoms with van der Waals surface area (Å²) in [6.07, 6.45) is 1.39. The van der Waals surface area contributed by atoms with Gasteiger partial charge in [-0.1, -0.05) is 6.07 Å². The zero-order valence-corrected chi connectivity index (χ0v) is 14.6. The highest BCUT2D eigenvalue weighted by Gasteiger charge is 2.22. The van der Waals surface area contributed by atoms with Crippen LogP contribution in [0.3, 0.4) is 0 Å². The molecular weight excluding hydrogens is 324 g/mol. The van der Waals surface area contributed by atoms with Crippen LogP contribution in [0, 0.1) is 13.8 Å². The van der Waals surface area contributed by atoms with Crippen molar-refractivity contribution in [1.82, 2.24) is 0 Å². The maximum atomic E-state index is 12.5. The van der Waals surface area contributed by atoms with Crippen molar-refractivity contribution in [2.45, 2.75) is 31.6 Å². The summed E-state index contributed by atoms with van der Waals surface area (Å²) >= 11 is 0. The van der Waals surface area contributed by atoms with E-state index in [2.05, 4.69) is 4.72 Å². The maximum absolute atomic E-state index is 12.5. The van der Waals surface area contributed by atoms with Gasteiger partial charge in [0.2, 0.25) is 5.91 Å². The molecule has 1 amide bonds. The molecule has 2 aromatic carbocycles. The Morgan fingerprint density at radius 3 is 2.17 bits per heavy atom. The van der Waals surface area contributed by atoms with Gasteiger partial charge in [0, 0.05) is 24.3 Å². The van der Waals surface area contributed by atoms with Gasteiger partial charge in [-0.25, -0.2) is 8.42 Å². The summed E-state index contributed by atoms with van der Waals surface area (Å²) in [6.45, 7) is 4.53. The molecule has 126 valence electrons. The van der Waals surface area contributed by atoms with Crippen molar-refractivity contribution < 1.29 is 13.2 Å². The number of rotatable bonds is 4. The molecule has 1 heterocycles. The summed E-state index contributed by atoms with van der Waals surface area (Å²) in [5.74, 6) is 0.0824. The van der Waals surface area contributed by atoms with Crippen LogP contribution in [-0.4, -0.2) is 20.9 Å². The number of nitrogens with zero attached hydrogens (tertiary/aromatic N) is 1. The van der Waals surface area contributed by atoms with Crippen LogP contribution in [0.25, 0.3) is 0 Å². The Morgan fingerprint density at radius 2 is 1.62 bits per heavy atom. The van der Waals surface area contributed by atoms with Crippen molar-refractivity contribution in [3.63, 3.8) is 0 Å². The van der Waals surface area contributed by atoms with Gasteiger partial charge in [-0.05, 0) is 67.8 Å². The Balaban J connectivity index is 1.83. The number of benzene rings is 2. The topological polar surface area (TPSA) is 66.5 Å². The molecule has 0 saturated carbocycles. The fraction of sp³-hybridized carbons (Fsp3) is 0.278. The fourth-order valence-electron chi connectivity index (χ4n) is 2.97. The van der Waals surface area contributed by atoms with Gasteiger partial charge in [0.1, 0.15) is 0 Å². The third-order valence-electron chi connectivity index (χ3n) is 4.01. The second-order valence-corrected chi connectivity index (χ2v) is 7.81. The lowest BCUT2D eigenvalue weighted by molar-refractivity contribution is -0.117. The number of carbonyl (C=O) groups is 1. The molecule has 1 N–H and O–H groups in total. The minimum Gasteiger partial charge on any atom is -0.312 e. The largest absolute Gasteiger partial charge is 0.312 e. The van der Waals surface area contributed by atoms with E-state index in [0.717, 1.165) is 23.2 Å². The number of anilines is 2. The third kappa shape index (κ3) is 3.43. The Labute approximate surface area is 142 Å². The van der Waals surface area contributed by atoms with Crippen molar-refractivity contribution in [3.8, 4) is 0 Å². The lowest BCUT2D eigenvalue weighted by atomic mass is 10.1. The van der Waals surface area contributed by atoms with Gasteiger partial charge in [0.15, 0.2) is 0 Å². The SMILES string of the molecule is Cc1cc(C)cc(NS(=O)(=O)c2ccc(N3CCCC3=O)cc2)c1. The summed E-state index contributed by atoms with van der Waals surface area (Å²) in [5.41, 5.74) is 3.28. The number of amides is 1. The highest BCUT2D eigenvalue weighted by Crippen LogP contribution is 2.24. The molecule has 24 heavy (non-hydrogen) atoms. The van der Waals surface area contributed by atoms with Gasteiger partial charge >= 0.3 is 0 Å². The van der Waals surface area contributed by atoms with Crippen molar-refractivity contribution >= 4 is 27.3 Å². The summed E-state index contributed by atoms with van der Waals surface area (Å²) in [4.78, 5) is 13.6. The Hall–Kier alpha value is -2.34. The molecule has 2 aromatic rings. The molecule has 0 aliphatic carbocycles. The van der Waals surface area contributed by atoms with Crippen LogP contribution in [0.5, 0.6) is 0 Å². The van der Waals surface area contributed by atoms with Gasteiger partial charge in [0.05, 0.1) is 4.90 Å². The van der Waals surface area contributed by atoms with Gasteiger partial charge in [-0.3, -0.25) is 9.52 Å². The smallest absolute Gasteiger partial charge is 0.261 e. The highest BCUT2D eigenvalue weighted by atomic mass is 32.2. The van der Waals surface area contributed by atoms with Crippen molar-refractivity contribution in [2.75, 3.05) is 16.2 Å². The monoisotopic (exact) mass is 344 g/mol. The number of hydrogen-bond donors (Lipinski definition) is 1. The second kappa shape index (κ2) is 6.28. The lowest BCUT2D eigenvalue weighted by Gasteiger charge is -2.16. The van der Waals surface area contributed by atoms with Crippen LogP contribution in [-0.2, 0) is 14.8 Å². The van der Waals surface area contributed by atoms with Crippen LogP contribution in [0.4, 0.5) is 11.4 Å². The average Bonchev–Trinajstić information content (AvgIpc) is 2.92. The molecular formula is C18H20N2O3S. The number of nitrogens with one attached hydrogen (secondary N) is 1. The number of hydrogen-bond acceptors (Lipinski definition) is 3. The van der Waals surface area contributed by atoms with E-state index in [4.69, 9.17) is 0 Å². The zero-order valence-electron chi connectivity index (χ0n) is 13.7. The molecule has 6 heteroatoms. The highest BCUT2D eigenvalue weighted by molar-refractivity contribution is 7.92. The predicted molar refractivity (Wildman–Crippen MR) is 94.8 cm³/mol. The van der Waals surface area contributed by atoms with E-state index >= 15 is 0 Å². The molecule has 5 nitrogen and oxygen atoms in total. The van der Waals surface area contributed by atoms with E-state index in [1.54, 1.807) is 29.2 Å². The van der Waals surface area contributed by atoms with Gasteiger partial charge in [-0.15, -0.1) is 0 Å². The first-order valence-electron chi connectivity index (χ1n) is 7.87. The minimum absolute atomic E-state index is 0.0824. The summed E-state index contributed by atoms with van der Waals surface area (Å²) in [5, 5.41) is 0. The van der Waals surface area contributed by atoms with Crippen LogP contribution in [0.2, 0.25) is 0 Å². The second-order valence-electron chi connectivity index (χ2n) is 6.12. The number of aryl methyl sites for hydroxylation is 2. The Morgan fingerprint density at radius 1 is 1.00 bits per heavy atom. The standard InChI is InChI=1S/C18H20N2O3S/c1-13-10-14(2)12-15(11-13)19-24(22,23)17-7-5-16(6-8-17)20-9-3-4-18(20)21/h5-8,10-12,19H,3-4,9H2,1-2H3. The average molecular weight is 344 g/mol. The maximum Gasteiger partial charge on any atom is 0.261 e. The Kier molecular flexibility index (Phi) is 4.32. The van der Waals surface area contributed by atoms with Gasteiger partial charge < -0.3 is 4.90 Å². The first-order valence-corrected chi connectivity index (χ1v) is 9.35. The fourth-order valence-corrected chi connectivity index (χ4v) is 4.01. The summed E-state index contributed by atoms with van der Waals surface area (Å²) < 4.78 is 27.7. The van der Waals surface area contributed by atoms with E-state index in [1.165, 1.54) is 12.1 Å². The predicted octanol–water partition coefficient (Wildman–Crippen LogP) is 3.23. The first-order chi connectivity index (χ1) is 11.3. The van der Waals surface area contributed by atoms with Crippen LogP contribution in [0.15, 0.2) is 47.4 Å². The third-order valence-corrected chi connectivity index (χ3v) is 5.40. The normalized spacial score (nSPS) is 14.9. The quantitative estimate of drug-likeness (QED) is 0.926. The molecule has 1 saturated heterocycles. The molecule has 0 atom stereocenters. The molecule has 1 aliphatic rings. The van der Waals surface area contributed by atoms with E-state index in [1.807, 2.05) is 19.9 Å². The number of sulfonamides is 1. The summed E-state index contributed by atoms with van der Waals surface area (Å²) in [7, 11) is -3.65. The van der Waals surface area contributed by atoms with Crippen LogP contribution >= 0.6 is 0 Å². The van der Waals surface area contributed by atoms with Crippen molar-refractivity contribution in [2.24, 2.45) is 0 Å². The zero-order chi connectivity index (χ0) is 17.3. The molecule has 1 fully saturated rings. The molecule has 0 spiro atoms. The van der Waals surface area contributed by atoms with E-state index in [9.17, 15) is 13.2 Å². The van der Waals surface area contributed by atoms with E-state index in [0.29, 0.717) is 18.7 Å². The van der Waals surface area contributed by atoms with Crippen LogP contribution in [0.1, 0.15) is 24.0 Å². The molecule has 3 rings (SSSR count). The van der Waals surface area contributed by atoms with E-state index in [-0.39, 0.29) is 10.8 Å².